The van der Waals surface area contributed by atoms with Crippen molar-refractivity contribution in [3.05, 3.63) is 63.5 Å². The van der Waals surface area contributed by atoms with Gasteiger partial charge in [0.1, 0.15) is 10.1 Å². The topological polar surface area (TPSA) is 69.6 Å². The summed E-state index contributed by atoms with van der Waals surface area (Å²) in [6.45, 7) is 2.36. The van der Waals surface area contributed by atoms with Crippen molar-refractivity contribution < 1.29 is 14.7 Å². The number of benzene rings is 2. The van der Waals surface area contributed by atoms with E-state index < -0.39 is 0 Å². The summed E-state index contributed by atoms with van der Waals surface area (Å²) in [7, 11) is 0. The van der Waals surface area contributed by atoms with E-state index in [1.807, 2.05) is 37.3 Å². The summed E-state index contributed by atoms with van der Waals surface area (Å²) in [5.41, 5.74) is 2.35. The van der Waals surface area contributed by atoms with Crippen LogP contribution in [0.15, 0.2) is 47.4 Å². The molecule has 0 saturated carbocycles. The predicted molar refractivity (Wildman–Crippen MR) is 122 cm³/mol. The third-order valence-corrected chi connectivity index (χ3v) is 5.88. The molecule has 3 rings (SSSR count). The Bertz CT molecular complexity index is 990. The van der Waals surface area contributed by atoms with Crippen molar-refractivity contribution in [2.24, 2.45) is 0 Å². The summed E-state index contributed by atoms with van der Waals surface area (Å²) >= 11 is 12.5. The van der Waals surface area contributed by atoms with Crippen LogP contribution in [0.5, 0.6) is 5.75 Å². The lowest BCUT2D eigenvalue weighted by Gasteiger charge is -2.14. The number of hydrogen-bond donors (Lipinski definition) is 2. The fraction of sp³-hybridized carbons (Fsp3) is 0.190. The summed E-state index contributed by atoms with van der Waals surface area (Å²) in [5, 5.41) is 12.8. The van der Waals surface area contributed by atoms with Crippen LogP contribution in [-0.4, -0.2) is 32.7 Å². The maximum atomic E-state index is 12.6. The number of carbonyl (C=O) groups excluding carboxylic acids is 2. The van der Waals surface area contributed by atoms with Gasteiger partial charge in [-0.25, -0.2) is 0 Å². The molecule has 0 aromatic heterocycles. The number of nitrogens with one attached hydrogen (secondary N) is 1. The number of rotatable bonds is 6. The van der Waals surface area contributed by atoms with Crippen molar-refractivity contribution in [2.45, 2.75) is 19.8 Å². The van der Waals surface area contributed by atoms with Crippen molar-refractivity contribution in [1.29, 1.82) is 0 Å². The minimum absolute atomic E-state index is 0.0547. The smallest absolute Gasteiger partial charge is 0.266 e. The molecule has 0 radical (unpaired) electrons. The number of hydrogen-bond acceptors (Lipinski definition) is 5. The Morgan fingerprint density at radius 2 is 2.00 bits per heavy atom. The van der Waals surface area contributed by atoms with Crippen LogP contribution in [0.4, 0.5) is 5.69 Å². The van der Waals surface area contributed by atoms with Gasteiger partial charge in [0.25, 0.3) is 5.91 Å². The minimum atomic E-state index is -0.275. The van der Waals surface area contributed by atoms with Crippen LogP contribution in [0.25, 0.3) is 6.08 Å². The molecule has 2 N–H and O–H groups in total. The normalized spacial score (nSPS) is 15.2. The molecule has 1 saturated heterocycles. The first-order chi connectivity index (χ1) is 13.8. The van der Waals surface area contributed by atoms with Crippen LogP contribution in [-0.2, 0) is 9.59 Å². The van der Waals surface area contributed by atoms with Crippen LogP contribution in [0.3, 0.4) is 0 Å². The van der Waals surface area contributed by atoms with Crippen molar-refractivity contribution >= 4 is 63.5 Å². The third-order valence-electron chi connectivity index (χ3n) is 4.27. The van der Waals surface area contributed by atoms with E-state index in [1.165, 1.54) is 34.9 Å². The highest BCUT2D eigenvalue weighted by Gasteiger charge is 2.31. The molecule has 0 atom stereocenters. The van der Waals surface area contributed by atoms with E-state index in [0.29, 0.717) is 27.2 Å². The molecule has 0 unspecified atom stereocenters. The van der Waals surface area contributed by atoms with E-state index in [9.17, 15) is 14.7 Å². The van der Waals surface area contributed by atoms with E-state index in [-0.39, 0.29) is 29.7 Å². The Hall–Kier alpha value is -2.35. The van der Waals surface area contributed by atoms with Crippen LogP contribution >= 0.6 is 35.6 Å². The summed E-state index contributed by atoms with van der Waals surface area (Å²) in [6.07, 6.45) is 2.45. The fourth-order valence-electron chi connectivity index (χ4n) is 2.73. The number of halogens is 1. The molecule has 8 heteroatoms. The first-order valence-corrected chi connectivity index (χ1v) is 10.5. The lowest BCUT2D eigenvalue weighted by Crippen LogP contribution is -2.29. The summed E-state index contributed by atoms with van der Waals surface area (Å²) in [4.78, 5) is 26.9. The molecule has 1 aliphatic heterocycles. The number of thioether (sulfide) groups is 1. The molecule has 0 spiro atoms. The lowest BCUT2D eigenvalue weighted by atomic mass is 10.1. The van der Waals surface area contributed by atoms with Crippen LogP contribution < -0.4 is 5.32 Å². The molecule has 2 amide bonds. The number of thiocarbonyl (C=S) groups is 1. The van der Waals surface area contributed by atoms with Crippen molar-refractivity contribution in [1.82, 2.24) is 4.90 Å². The number of carbonyl (C=O) groups is 2. The largest absolute Gasteiger partial charge is 0.506 e. The highest BCUT2D eigenvalue weighted by Crippen LogP contribution is 2.33. The number of phenolic OH excluding ortho intramolecular Hbond substituents is 1. The molecule has 5 nitrogen and oxygen atoms in total. The maximum absolute atomic E-state index is 12.6. The molecule has 2 aromatic carbocycles. The molecule has 150 valence electrons. The Morgan fingerprint density at radius 1 is 1.28 bits per heavy atom. The average Bonchev–Trinajstić information content (AvgIpc) is 2.94. The van der Waals surface area contributed by atoms with Gasteiger partial charge in [-0.2, -0.15) is 0 Å². The third kappa shape index (κ3) is 5.59. The van der Waals surface area contributed by atoms with Gasteiger partial charge in [0.05, 0.1) is 10.6 Å². The maximum Gasteiger partial charge on any atom is 0.266 e. The molecule has 0 aliphatic carbocycles. The molecular formula is C21H19ClN2O3S2. The number of phenols is 1. The molecule has 0 bridgehead atoms. The van der Waals surface area contributed by atoms with Gasteiger partial charge in [0.2, 0.25) is 5.91 Å². The number of aromatic hydroxyl groups is 1. The summed E-state index contributed by atoms with van der Waals surface area (Å²) in [5.74, 6) is -0.474. The van der Waals surface area contributed by atoms with Gasteiger partial charge in [0, 0.05) is 18.0 Å². The number of nitrogens with zero attached hydrogens (tertiary/aromatic N) is 1. The summed E-state index contributed by atoms with van der Waals surface area (Å²) < 4.78 is 0.487. The second kappa shape index (κ2) is 9.43. The minimum Gasteiger partial charge on any atom is -0.506 e. The van der Waals surface area contributed by atoms with E-state index in [2.05, 4.69) is 5.32 Å². The zero-order chi connectivity index (χ0) is 21.0. The average molecular weight is 447 g/mol. The molecule has 29 heavy (non-hydrogen) atoms. The van der Waals surface area contributed by atoms with Gasteiger partial charge in [0.15, 0.2) is 0 Å². The highest BCUT2D eigenvalue weighted by molar-refractivity contribution is 8.26. The lowest BCUT2D eigenvalue weighted by molar-refractivity contribution is -0.122. The van der Waals surface area contributed by atoms with Gasteiger partial charge in [-0.1, -0.05) is 65.4 Å². The van der Waals surface area contributed by atoms with E-state index >= 15 is 0 Å². The van der Waals surface area contributed by atoms with Crippen LogP contribution in [0.1, 0.15) is 24.0 Å². The van der Waals surface area contributed by atoms with E-state index in [4.69, 9.17) is 23.8 Å². The SMILES string of the molecule is Cc1ccc(/C=C2/SC(=S)N(CCCC(=O)Nc3cc(Cl)ccc3O)C2=O)cc1. The van der Waals surface area contributed by atoms with E-state index in [0.717, 1.165) is 11.1 Å². The molecular weight excluding hydrogens is 428 g/mol. The van der Waals surface area contributed by atoms with Crippen molar-refractivity contribution in [3.8, 4) is 5.75 Å². The first kappa shape index (κ1) is 21.4. The molecule has 2 aromatic rings. The Morgan fingerprint density at radius 3 is 2.72 bits per heavy atom. The quantitative estimate of drug-likeness (QED) is 0.372. The number of aryl methyl sites for hydroxylation is 1. The zero-order valence-corrected chi connectivity index (χ0v) is 18.0. The number of amides is 2. The predicted octanol–water partition coefficient (Wildman–Crippen LogP) is 4.97. The second-order valence-corrected chi connectivity index (χ2v) is 8.67. The molecule has 1 heterocycles. The first-order valence-electron chi connectivity index (χ1n) is 8.94. The van der Waals surface area contributed by atoms with Gasteiger partial charge in [-0.3, -0.25) is 14.5 Å². The summed E-state index contributed by atoms with van der Waals surface area (Å²) in [6, 6.07) is 12.3. The van der Waals surface area contributed by atoms with Gasteiger partial charge < -0.3 is 10.4 Å². The zero-order valence-electron chi connectivity index (χ0n) is 15.6. The standard InChI is InChI=1S/C21H19ClN2O3S2/c1-13-4-6-14(7-5-13)11-18-20(27)24(21(28)29-18)10-2-3-19(26)23-16-12-15(22)8-9-17(16)25/h4-9,11-12,25H,2-3,10H2,1H3,(H,23,26)/b18-11+. The van der Waals surface area contributed by atoms with Gasteiger partial charge in [-0.05, 0) is 43.2 Å². The fourth-order valence-corrected chi connectivity index (χ4v) is 4.21. The van der Waals surface area contributed by atoms with Gasteiger partial charge >= 0.3 is 0 Å². The van der Waals surface area contributed by atoms with Crippen LogP contribution in [0.2, 0.25) is 5.02 Å². The van der Waals surface area contributed by atoms with Gasteiger partial charge in [-0.15, -0.1) is 0 Å². The van der Waals surface area contributed by atoms with E-state index in [1.54, 1.807) is 0 Å². The number of anilines is 1. The molecule has 1 aliphatic rings. The Labute approximate surface area is 183 Å². The highest BCUT2D eigenvalue weighted by atomic mass is 35.5. The Kier molecular flexibility index (Phi) is 6.95. The van der Waals surface area contributed by atoms with Crippen LogP contribution in [0, 0.1) is 6.92 Å². The van der Waals surface area contributed by atoms with Crippen molar-refractivity contribution in [3.63, 3.8) is 0 Å². The molecule has 1 fully saturated rings. The monoisotopic (exact) mass is 446 g/mol. The second-order valence-electron chi connectivity index (χ2n) is 6.56. The van der Waals surface area contributed by atoms with Crippen molar-refractivity contribution in [2.75, 3.05) is 11.9 Å². The Balaban J connectivity index is 1.54.